The van der Waals surface area contributed by atoms with Crippen LogP contribution in [0.5, 0.6) is 0 Å². The first-order valence-corrected chi connectivity index (χ1v) is 6.72. The summed E-state index contributed by atoms with van der Waals surface area (Å²) in [5.74, 6) is -0.206. The van der Waals surface area contributed by atoms with Gasteiger partial charge in [0.25, 0.3) is 5.91 Å². The Morgan fingerprint density at radius 3 is 2.55 bits per heavy atom. The second-order valence-electron chi connectivity index (χ2n) is 4.63. The highest BCUT2D eigenvalue weighted by Gasteiger charge is 2.14. The molecule has 0 bridgehead atoms. The number of nitrogens with one attached hydrogen (secondary N) is 1. The van der Waals surface area contributed by atoms with Gasteiger partial charge in [-0.25, -0.2) is 0 Å². The summed E-state index contributed by atoms with van der Waals surface area (Å²) in [7, 11) is 0. The van der Waals surface area contributed by atoms with E-state index in [4.69, 9.17) is 11.6 Å². The van der Waals surface area contributed by atoms with Gasteiger partial charge in [-0.05, 0) is 36.8 Å². The monoisotopic (exact) mass is 289 g/mol. The average Bonchev–Trinajstić information content (AvgIpc) is 2.45. The Balaban J connectivity index is 2.14. The molecule has 2 aromatic carbocycles. The molecule has 0 saturated carbocycles. The van der Waals surface area contributed by atoms with Crippen LogP contribution in [0.2, 0.25) is 5.02 Å². The maximum atomic E-state index is 12.2. The van der Waals surface area contributed by atoms with Gasteiger partial charge in [-0.1, -0.05) is 41.4 Å². The number of aliphatic hydroxyl groups is 1. The fourth-order valence-corrected chi connectivity index (χ4v) is 2.08. The largest absolute Gasteiger partial charge is 0.394 e. The summed E-state index contributed by atoms with van der Waals surface area (Å²) in [6.07, 6.45) is 0. The molecule has 0 spiro atoms. The maximum Gasteiger partial charge on any atom is 0.251 e. The van der Waals surface area contributed by atoms with E-state index in [0.29, 0.717) is 10.6 Å². The number of amides is 1. The van der Waals surface area contributed by atoms with Crippen molar-refractivity contribution in [2.75, 3.05) is 6.61 Å². The van der Waals surface area contributed by atoms with Crippen LogP contribution in [0.4, 0.5) is 0 Å². The van der Waals surface area contributed by atoms with Gasteiger partial charge in [0.1, 0.15) is 0 Å². The van der Waals surface area contributed by atoms with Crippen LogP contribution in [0.1, 0.15) is 27.5 Å². The van der Waals surface area contributed by atoms with E-state index in [1.54, 1.807) is 30.3 Å². The Bertz CT molecular complexity index is 596. The first-order chi connectivity index (χ1) is 9.60. The first kappa shape index (κ1) is 14.6. The van der Waals surface area contributed by atoms with Gasteiger partial charge in [-0.15, -0.1) is 0 Å². The zero-order valence-electron chi connectivity index (χ0n) is 11.1. The highest BCUT2D eigenvalue weighted by atomic mass is 35.5. The summed E-state index contributed by atoms with van der Waals surface area (Å²) in [5.41, 5.74) is 2.42. The highest BCUT2D eigenvalue weighted by molar-refractivity contribution is 6.30. The third kappa shape index (κ3) is 3.59. The van der Waals surface area contributed by atoms with E-state index < -0.39 is 6.04 Å². The molecule has 0 radical (unpaired) electrons. The number of carbonyl (C=O) groups excluding carboxylic acids is 1. The van der Waals surface area contributed by atoms with Gasteiger partial charge in [0.2, 0.25) is 0 Å². The van der Waals surface area contributed by atoms with Crippen molar-refractivity contribution in [2.45, 2.75) is 13.0 Å². The SMILES string of the molecule is Cc1cccc(C(=O)NC(CO)c2ccc(Cl)cc2)c1. The van der Waals surface area contributed by atoms with E-state index in [9.17, 15) is 9.90 Å². The van der Waals surface area contributed by atoms with E-state index in [-0.39, 0.29) is 12.5 Å². The van der Waals surface area contributed by atoms with Crippen molar-refractivity contribution < 1.29 is 9.90 Å². The Morgan fingerprint density at radius 2 is 1.95 bits per heavy atom. The minimum Gasteiger partial charge on any atom is -0.394 e. The fraction of sp³-hybridized carbons (Fsp3) is 0.188. The third-order valence-electron chi connectivity index (χ3n) is 3.04. The molecule has 0 aliphatic carbocycles. The van der Waals surface area contributed by atoms with E-state index >= 15 is 0 Å². The number of halogens is 1. The summed E-state index contributed by atoms with van der Waals surface area (Å²) in [4.78, 5) is 12.2. The topological polar surface area (TPSA) is 49.3 Å². The molecule has 0 aliphatic rings. The van der Waals surface area contributed by atoms with Crippen LogP contribution in [0, 0.1) is 6.92 Å². The molecule has 1 amide bonds. The predicted molar refractivity (Wildman–Crippen MR) is 79.9 cm³/mol. The van der Waals surface area contributed by atoms with Gasteiger partial charge in [-0.3, -0.25) is 4.79 Å². The second-order valence-corrected chi connectivity index (χ2v) is 5.07. The zero-order valence-corrected chi connectivity index (χ0v) is 11.9. The van der Waals surface area contributed by atoms with Crippen LogP contribution < -0.4 is 5.32 Å². The van der Waals surface area contributed by atoms with Crippen molar-refractivity contribution in [1.82, 2.24) is 5.32 Å². The molecular weight excluding hydrogens is 274 g/mol. The highest BCUT2D eigenvalue weighted by Crippen LogP contribution is 2.17. The minimum atomic E-state index is -0.444. The Hall–Kier alpha value is -1.84. The Morgan fingerprint density at radius 1 is 1.25 bits per heavy atom. The molecule has 0 aliphatic heterocycles. The number of rotatable bonds is 4. The quantitative estimate of drug-likeness (QED) is 0.908. The summed E-state index contributed by atoms with van der Waals surface area (Å²) in [6, 6.07) is 13.9. The average molecular weight is 290 g/mol. The fourth-order valence-electron chi connectivity index (χ4n) is 1.96. The van der Waals surface area contributed by atoms with Gasteiger partial charge in [0, 0.05) is 10.6 Å². The molecule has 0 fully saturated rings. The number of benzene rings is 2. The summed E-state index contributed by atoms with van der Waals surface area (Å²) in [6.45, 7) is 1.76. The lowest BCUT2D eigenvalue weighted by molar-refractivity contribution is 0.0916. The summed E-state index contributed by atoms with van der Waals surface area (Å²) < 4.78 is 0. The molecule has 104 valence electrons. The lowest BCUT2D eigenvalue weighted by atomic mass is 10.1. The summed E-state index contributed by atoms with van der Waals surface area (Å²) in [5, 5.41) is 12.9. The van der Waals surface area contributed by atoms with Crippen LogP contribution in [0.15, 0.2) is 48.5 Å². The van der Waals surface area contributed by atoms with Crippen LogP contribution in [0.3, 0.4) is 0 Å². The van der Waals surface area contributed by atoms with Crippen LogP contribution in [-0.4, -0.2) is 17.6 Å². The lowest BCUT2D eigenvalue weighted by Gasteiger charge is -2.17. The molecule has 2 rings (SSSR count). The van der Waals surface area contributed by atoms with Crippen LogP contribution in [-0.2, 0) is 0 Å². The number of hydrogen-bond donors (Lipinski definition) is 2. The van der Waals surface area contributed by atoms with Crippen molar-refractivity contribution in [1.29, 1.82) is 0 Å². The Labute approximate surface area is 123 Å². The van der Waals surface area contributed by atoms with Gasteiger partial charge < -0.3 is 10.4 Å². The molecule has 0 aromatic heterocycles. The normalized spacial score (nSPS) is 11.9. The molecule has 0 saturated heterocycles. The van der Waals surface area contributed by atoms with Gasteiger partial charge >= 0.3 is 0 Å². The standard InChI is InChI=1S/C16H16ClNO2/c1-11-3-2-4-13(9-11)16(20)18-15(10-19)12-5-7-14(17)8-6-12/h2-9,15,19H,10H2,1H3,(H,18,20). The number of carbonyl (C=O) groups is 1. The van der Waals surface area contributed by atoms with Crippen molar-refractivity contribution >= 4 is 17.5 Å². The van der Waals surface area contributed by atoms with Gasteiger partial charge in [0.05, 0.1) is 12.6 Å². The molecule has 1 atom stereocenters. The van der Waals surface area contributed by atoms with Crippen molar-refractivity contribution in [2.24, 2.45) is 0 Å². The Kier molecular flexibility index (Phi) is 4.77. The first-order valence-electron chi connectivity index (χ1n) is 6.34. The van der Waals surface area contributed by atoms with Gasteiger partial charge in [-0.2, -0.15) is 0 Å². The van der Waals surface area contributed by atoms with Gasteiger partial charge in [0.15, 0.2) is 0 Å². The van der Waals surface area contributed by atoms with Crippen LogP contribution in [0.25, 0.3) is 0 Å². The molecule has 1 unspecified atom stereocenters. The predicted octanol–water partition coefficient (Wildman–Crippen LogP) is 3.11. The van der Waals surface area contributed by atoms with E-state index in [0.717, 1.165) is 11.1 Å². The van der Waals surface area contributed by atoms with E-state index in [1.165, 1.54) is 0 Å². The van der Waals surface area contributed by atoms with E-state index in [1.807, 2.05) is 25.1 Å². The molecule has 20 heavy (non-hydrogen) atoms. The third-order valence-corrected chi connectivity index (χ3v) is 3.29. The lowest BCUT2D eigenvalue weighted by Crippen LogP contribution is -2.30. The van der Waals surface area contributed by atoms with Crippen molar-refractivity contribution in [3.8, 4) is 0 Å². The summed E-state index contributed by atoms with van der Waals surface area (Å²) >= 11 is 5.83. The molecule has 2 aromatic rings. The molecule has 3 nitrogen and oxygen atoms in total. The smallest absolute Gasteiger partial charge is 0.251 e. The van der Waals surface area contributed by atoms with Crippen molar-refractivity contribution in [3.63, 3.8) is 0 Å². The van der Waals surface area contributed by atoms with Crippen molar-refractivity contribution in [3.05, 3.63) is 70.2 Å². The minimum absolute atomic E-state index is 0.167. The number of aliphatic hydroxyl groups excluding tert-OH is 1. The number of hydrogen-bond acceptors (Lipinski definition) is 2. The molecule has 4 heteroatoms. The molecule has 2 N–H and O–H groups in total. The van der Waals surface area contributed by atoms with E-state index in [2.05, 4.69) is 5.32 Å². The molecular formula is C16H16ClNO2. The maximum absolute atomic E-state index is 12.2. The zero-order chi connectivity index (χ0) is 14.5. The van der Waals surface area contributed by atoms with Crippen LogP contribution >= 0.6 is 11.6 Å². The number of aryl methyl sites for hydroxylation is 1. The molecule has 0 heterocycles. The second kappa shape index (κ2) is 6.55.